The summed E-state index contributed by atoms with van der Waals surface area (Å²) in [5.41, 5.74) is 4.01. The normalized spacial score (nSPS) is 14.4. The summed E-state index contributed by atoms with van der Waals surface area (Å²) in [6, 6.07) is 11.9. The summed E-state index contributed by atoms with van der Waals surface area (Å²) in [6.07, 6.45) is 3.23. The fourth-order valence-electron chi connectivity index (χ4n) is 4.14. The molecule has 1 fully saturated rings. The van der Waals surface area contributed by atoms with Crippen molar-refractivity contribution in [3.8, 4) is 17.0 Å². The molecule has 0 radical (unpaired) electrons. The van der Waals surface area contributed by atoms with Gasteiger partial charge in [0.15, 0.2) is 0 Å². The number of aromatic nitrogens is 4. The Hall–Kier alpha value is -3.42. The second kappa shape index (κ2) is 9.80. The minimum atomic E-state index is 0.0367. The quantitative estimate of drug-likeness (QED) is 0.615. The molecule has 0 bridgehead atoms. The summed E-state index contributed by atoms with van der Waals surface area (Å²) >= 11 is 0. The zero-order valence-corrected chi connectivity index (χ0v) is 18.9. The number of amides is 1. The number of methoxy groups -OCH3 is 1. The van der Waals surface area contributed by atoms with Crippen LogP contribution in [0.25, 0.3) is 11.3 Å². The lowest BCUT2D eigenvalue weighted by molar-refractivity contribution is -0.125. The van der Waals surface area contributed by atoms with Gasteiger partial charge in [0, 0.05) is 42.9 Å². The van der Waals surface area contributed by atoms with E-state index in [4.69, 9.17) is 4.74 Å². The minimum Gasteiger partial charge on any atom is -0.497 e. The molecule has 0 unspecified atom stereocenters. The predicted molar refractivity (Wildman–Crippen MR) is 124 cm³/mol. The molecule has 1 aliphatic rings. The maximum atomic E-state index is 12.6. The van der Waals surface area contributed by atoms with Crippen LogP contribution in [0.1, 0.15) is 24.2 Å². The number of hydrogen-bond donors (Lipinski definition) is 1. The third kappa shape index (κ3) is 5.07. The predicted octanol–water partition coefficient (Wildman–Crippen LogP) is 3.00. The van der Waals surface area contributed by atoms with Gasteiger partial charge in [0.2, 0.25) is 5.91 Å². The van der Waals surface area contributed by atoms with Gasteiger partial charge in [0.1, 0.15) is 17.9 Å². The topological polar surface area (TPSA) is 85.2 Å². The monoisotopic (exact) mass is 434 g/mol. The first-order valence-electron chi connectivity index (χ1n) is 11.0. The standard InChI is InChI=1S/C24H30N6O2/c1-17-14-18(2)30(28-17)13-10-25-24(31)20-8-11-29(12-9-20)23-15-22(26-16-27-23)19-4-6-21(32-3)7-5-19/h4-7,14-16,20H,8-13H2,1-3H3,(H,25,31). The molecule has 1 aliphatic heterocycles. The highest BCUT2D eigenvalue weighted by Gasteiger charge is 2.25. The molecule has 1 amide bonds. The third-order valence-electron chi connectivity index (χ3n) is 5.95. The molecule has 0 spiro atoms. The first-order chi connectivity index (χ1) is 15.5. The molecule has 0 atom stereocenters. The minimum absolute atomic E-state index is 0.0367. The van der Waals surface area contributed by atoms with Gasteiger partial charge >= 0.3 is 0 Å². The van der Waals surface area contributed by atoms with Crippen molar-refractivity contribution in [2.24, 2.45) is 5.92 Å². The molecule has 8 nitrogen and oxygen atoms in total. The number of rotatable bonds is 7. The largest absolute Gasteiger partial charge is 0.497 e. The van der Waals surface area contributed by atoms with Gasteiger partial charge in [0.05, 0.1) is 25.0 Å². The van der Waals surface area contributed by atoms with E-state index in [0.29, 0.717) is 13.1 Å². The third-order valence-corrected chi connectivity index (χ3v) is 5.95. The Kier molecular flexibility index (Phi) is 6.68. The van der Waals surface area contributed by atoms with Gasteiger partial charge < -0.3 is 15.0 Å². The van der Waals surface area contributed by atoms with Gasteiger partial charge in [-0.15, -0.1) is 0 Å². The summed E-state index contributed by atoms with van der Waals surface area (Å²) in [5.74, 6) is 1.88. The Bertz CT molecular complexity index is 1050. The van der Waals surface area contributed by atoms with Crippen molar-refractivity contribution < 1.29 is 9.53 Å². The van der Waals surface area contributed by atoms with E-state index in [1.165, 1.54) is 0 Å². The van der Waals surface area contributed by atoms with Gasteiger partial charge in [-0.05, 0) is 57.0 Å². The molecule has 0 aliphatic carbocycles. The number of piperidine rings is 1. The molecule has 3 aromatic rings. The SMILES string of the molecule is COc1ccc(-c2cc(N3CCC(C(=O)NCCn4nc(C)cc4C)CC3)ncn2)cc1. The molecule has 1 N–H and O–H groups in total. The molecule has 0 saturated carbocycles. The second-order valence-corrected chi connectivity index (χ2v) is 8.19. The van der Waals surface area contributed by atoms with E-state index in [1.54, 1.807) is 13.4 Å². The Balaban J connectivity index is 1.29. The van der Waals surface area contributed by atoms with Gasteiger partial charge in [-0.3, -0.25) is 9.48 Å². The summed E-state index contributed by atoms with van der Waals surface area (Å²) < 4.78 is 7.17. The van der Waals surface area contributed by atoms with E-state index in [0.717, 1.165) is 60.1 Å². The van der Waals surface area contributed by atoms with Crippen LogP contribution in [-0.2, 0) is 11.3 Å². The van der Waals surface area contributed by atoms with Gasteiger partial charge in [0.25, 0.3) is 0 Å². The van der Waals surface area contributed by atoms with Crippen LogP contribution in [0.4, 0.5) is 5.82 Å². The Morgan fingerprint density at radius 2 is 1.88 bits per heavy atom. The molecule has 1 saturated heterocycles. The lowest BCUT2D eigenvalue weighted by Crippen LogP contribution is -2.41. The first-order valence-corrected chi connectivity index (χ1v) is 11.0. The smallest absolute Gasteiger partial charge is 0.223 e. The molecule has 168 valence electrons. The number of nitrogens with one attached hydrogen (secondary N) is 1. The van der Waals surface area contributed by atoms with E-state index in [9.17, 15) is 4.79 Å². The van der Waals surface area contributed by atoms with Crippen molar-refractivity contribution in [1.29, 1.82) is 0 Å². The molecule has 2 aromatic heterocycles. The van der Waals surface area contributed by atoms with E-state index < -0.39 is 0 Å². The van der Waals surface area contributed by atoms with Crippen LogP contribution < -0.4 is 15.0 Å². The summed E-state index contributed by atoms with van der Waals surface area (Å²) in [6.45, 7) is 6.90. The molecule has 1 aromatic carbocycles. The number of carbonyl (C=O) groups excluding carboxylic acids is 1. The van der Waals surface area contributed by atoms with Crippen molar-refractivity contribution in [1.82, 2.24) is 25.1 Å². The van der Waals surface area contributed by atoms with Crippen LogP contribution in [0.2, 0.25) is 0 Å². The van der Waals surface area contributed by atoms with Crippen molar-refractivity contribution in [2.45, 2.75) is 33.2 Å². The zero-order valence-electron chi connectivity index (χ0n) is 18.9. The number of aryl methyl sites for hydroxylation is 2. The highest BCUT2D eigenvalue weighted by Crippen LogP contribution is 2.26. The number of anilines is 1. The van der Waals surface area contributed by atoms with E-state index >= 15 is 0 Å². The maximum absolute atomic E-state index is 12.6. The molecule has 32 heavy (non-hydrogen) atoms. The molecular formula is C24H30N6O2. The Morgan fingerprint density at radius 3 is 2.53 bits per heavy atom. The van der Waals surface area contributed by atoms with E-state index in [-0.39, 0.29) is 11.8 Å². The molecule has 3 heterocycles. The van der Waals surface area contributed by atoms with Crippen LogP contribution in [0.15, 0.2) is 42.7 Å². The average Bonchev–Trinajstić information content (AvgIpc) is 3.16. The van der Waals surface area contributed by atoms with Gasteiger partial charge in [-0.2, -0.15) is 5.10 Å². The fraction of sp³-hybridized carbons (Fsp3) is 0.417. The lowest BCUT2D eigenvalue weighted by Gasteiger charge is -2.32. The summed E-state index contributed by atoms with van der Waals surface area (Å²) in [5, 5.41) is 7.52. The number of benzene rings is 1. The van der Waals surface area contributed by atoms with Crippen LogP contribution in [0.5, 0.6) is 5.75 Å². The second-order valence-electron chi connectivity index (χ2n) is 8.19. The molecular weight excluding hydrogens is 404 g/mol. The average molecular weight is 435 g/mol. The first kappa shape index (κ1) is 21.8. The summed E-state index contributed by atoms with van der Waals surface area (Å²) in [4.78, 5) is 23.7. The number of nitrogens with zero attached hydrogens (tertiary/aromatic N) is 5. The van der Waals surface area contributed by atoms with Crippen molar-refractivity contribution in [3.05, 3.63) is 54.1 Å². The summed E-state index contributed by atoms with van der Waals surface area (Å²) in [7, 11) is 1.66. The van der Waals surface area contributed by atoms with Gasteiger partial charge in [-0.25, -0.2) is 9.97 Å². The van der Waals surface area contributed by atoms with Crippen molar-refractivity contribution >= 4 is 11.7 Å². The lowest BCUT2D eigenvalue weighted by atomic mass is 9.96. The van der Waals surface area contributed by atoms with Crippen LogP contribution in [0, 0.1) is 19.8 Å². The molecule has 4 rings (SSSR count). The van der Waals surface area contributed by atoms with Crippen LogP contribution in [-0.4, -0.2) is 52.4 Å². The van der Waals surface area contributed by atoms with Gasteiger partial charge in [-0.1, -0.05) is 0 Å². The van der Waals surface area contributed by atoms with Crippen molar-refractivity contribution in [3.63, 3.8) is 0 Å². The van der Waals surface area contributed by atoms with E-state index in [1.807, 2.05) is 54.9 Å². The maximum Gasteiger partial charge on any atom is 0.223 e. The number of ether oxygens (including phenoxy) is 1. The highest BCUT2D eigenvalue weighted by molar-refractivity contribution is 5.79. The number of carbonyl (C=O) groups is 1. The fourth-order valence-corrected chi connectivity index (χ4v) is 4.14. The Morgan fingerprint density at radius 1 is 1.12 bits per heavy atom. The molecule has 8 heteroatoms. The van der Waals surface area contributed by atoms with Crippen molar-refractivity contribution in [2.75, 3.05) is 31.6 Å². The number of hydrogen-bond acceptors (Lipinski definition) is 6. The zero-order chi connectivity index (χ0) is 22.5. The van der Waals surface area contributed by atoms with E-state index in [2.05, 4.69) is 25.3 Å². The van der Waals surface area contributed by atoms with Crippen LogP contribution in [0.3, 0.4) is 0 Å². The van der Waals surface area contributed by atoms with Crippen LogP contribution >= 0.6 is 0 Å². The highest BCUT2D eigenvalue weighted by atomic mass is 16.5. The Labute approximate surface area is 188 Å².